The number of ether oxygens (including phenoxy) is 4. The Morgan fingerprint density at radius 3 is 1.58 bits per heavy atom. The lowest BCUT2D eigenvalue weighted by Crippen LogP contribution is -2.60. The van der Waals surface area contributed by atoms with Crippen LogP contribution in [0.15, 0.2) is 72.9 Å². The van der Waals surface area contributed by atoms with Crippen LogP contribution in [0.2, 0.25) is 0 Å². The van der Waals surface area contributed by atoms with Crippen molar-refractivity contribution in [2.75, 3.05) is 19.0 Å². The summed E-state index contributed by atoms with van der Waals surface area (Å²) in [4.78, 5) is 25.4. The van der Waals surface area contributed by atoms with Crippen molar-refractivity contribution in [3.05, 3.63) is 72.9 Å². The van der Waals surface area contributed by atoms with Gasteiger partial charge in [0.05, 0.1) is 6.61 Å². The summed E-state index contributed by atoms with van der Waals surface area (Å²) in [5.74, 6) is -2.05. The van der Waals surface area contributed by atoms with Crippen LogP contribution in [-0.2, 0) is 38.7 Å². The highest BCUT2D eigenvalue weighted by Crippen LogP contribution is 2.24. The van der Waals surface area contributed by atoms with E-state index in [1.807, 2.05) is 0 Å². The second-order valence-corrected chi connectivity index (χ2v) is 17.6. The van der Waals surface area contributed by atoms with Crippen molar-refractivity contribution in [3.63, 3.8) is 0 Å². The second-order valence-electron chi connectivity index (χ2n) is 16.1. The molecule has 0 spiro atoms. The maximum absolute atomic E-state index is 12.8. The fourth-order valence-corrected chi connectivity index (χ4v) is 7.28. The van der Waals surface area contributed by atoms with Crippen LogP contribution < -0.4 is 0 Å². The molecule has 0 aliphatic carbocycles. The van der Waals surface area contributed by atoms with Crippen LogP contribution in [0.4, 0.5) is 0 Å². The lowest BCUT2D eigenvalue weighted by molar-refractivity contribution is -0.297. The van der Waals surface area contributed by atoms with Gasteiger partial charge in [-0.3, -0.25) is 14.1 Å². The van der Waals surface area contributed by atoms with Crippen LogP contribution >= 0.6 is 0 Å². The molecule has 1 aliphatic rings. The minimum atomic E-state index is -4.61. The van der Waals surface area contributed by atoms with Crippen LogP contribution in [-0.4, -0.2) is 96.0 Å². The number of esters is 2. The zero-order chi connectivity index (χ0) is 45.5. The molecule has 0 bridgehead atoms. The van der Waals surface area contributed by atoms with Gasteiger partial charge in [0, 0.05) is 12.8 Å². The Hall–Kier alpha value is -2.91. The molecule has 0 radical (unpaired) electrons. The molecule has 1 saturated heterocycles. The molecule has 0 aromatic heterocycles. The Bertz CT molecular complexity index is 1420. The molecule has 6 atom stereocenters. The van der Waals surface area contributed by atoms with E-state index in [0.29, 0.717) is 12.8 Å². The SMILES string of the molecule is CCCCC/C=C/C/C=C/C/C=C/C/C=C/CCCCCC(=O)O[C@H](COC(=O)CCCCCCC/C=C/C=C/CCCCCC)CO[C@H]1O[C@H](CS(=O)(=O)O)[C@@H](O)C(O)C1O. The van der Waals surface area contributed by atoms with Crippen molar-refractivity contribution in [1.82, 2.24) is 0 Å². The summed E-state index contributed by atoms with van der Waals surface area (Å²) in [5.41, 5.74) is 0. The molecule has 1 aliphatic heterocycles. The van der Waals surface area contributed by atoms with Gasteiger partial charge in [0.15, 0.2) is 12.4 Å². The molecule has 0 aromatic rings. The van der Waals surface area contributed by atoms with Crippen LogP contribution in [0.5, 0.6) is 0 Å². The third-order valence-electron chi connectivity index (χ3n) is 10.3. The van der Waals surface area contributed by atoms with Gasteiger partial charge in [0.25, 0.3) is 10.1 Å². The summed E-state index contributed by atoms with van der Waals surface area (Å²) < 4.78 is 54.1. The van der Waals surface area contributed by atoms with Gasteiger partial charge in [-0.1, -0.05) is 145 Å². The van der Waals surface area contributed by atoms with Gasteiger partial charge >= 0.3 is 11.9 Å². The topological polar surface area (TPSA) is 186 Å². The summed E-state index contributed by atoms with van der Waals surface area (Å²) in [6.45, 7) is 3.66. The molecule has 1 rings (SSSR count). The van der Waals surface area contributed by atoms with Crippen LogP contribution in [0.25, 0.3) is 0 Å². The molecule has 2 unspecified atom stereocenters. The summed E-state index contributed by atoms with van der Waals surface area (Å²) in [5, 5.41) is 30.9. The third-order valence-corrected chi connectivity index (χ3v) is 11.0. The van der Waals surface area contributed by atoms with Gasteiger partial charge in [-0.25, -0.2) is 0 Å². The number of aliphatic hydroxyl groups is 3. The molecule has 4 N–H and O–H groups in total. The molecule has 13 heteroatoms. The van der Waals surface area contributed by atoms with Gasteiger partial charge in [-0.15, -0.1) is 0 Å². The summed E-state index contributed by atoms with van der Waals surface area (Å²) in [7, 11) is -4.61. The van der Waals surface area contributed by atoms with E-state index in [1.165, 1.54) is 44.9 Å². The maximum atomic E-state index is 12.8. The van der Waals surface area contributed by atoms with Gasteiger partial charge in [0.1, 0.15) is 36.8 Å². The molecule has 62 heavy (non-hydrogen) atoms. The van der Waals surface area contributed by atoms with Crippen molar-refractivity contribution in [2.45, 2.75) is 205 Å². The Morgan fingerprint density at radius 2 is 1.02 bits per heavy atom. The van der Waals surface area contributed by atoms with E-state index < -0.39 is 71.2 Å². The molecule has 356 valence electrons. The second kappa shape index (κ2) is 38.5. The summed E-state index contributed by atoms with van der Waals surface area (Å²) in [6.07, 6.45) is 39.4. The highest BCUT2D eigenvalue weighted by molar-refractivity contribution is 7.85. The summed E-state index contributed by atoms with van der Waals surface area (Å²) in [6, 6.07) is 0. The van der Waals surface area contributed by atoms with Crippen molar-refractivity contribution in [3.8, 4) is 0 Å². The van der Waals surface area contributed by atoms with Crippen molar-refractivity contribution < 1.29 is 56.8 Å². The molecule has 1 heterocycles. The number of unbranched alkanes of at least 4 members (excludes halogenated alkanes) is 15. The van der Waals surface area contributed by atoms with Crippen LogP contribution in [0.1, 0.15) is 168 Å². The highest BCUT2D eigenvalue weighted by atomic mass is 32.2. The van der Waals surface area contributed by atoms with E-state index in [2.05, 4.69) is 86.8 Å². The average Bonchev–Trinajstić information content (AvgIpc) is 3.24. The zero-order valence-corrected chi connectivity index (χ0v) is 38.8. The van der Waals surface area contributed by atoms with Gasteiger partial charge in [0.2, 0.25) is 0 Å². The normalized spacial score (nSPS) is 20.5. The first-order valence-electron chi connectivity index (χ1n) is 23.5. The first-order valence-corrected chi connectivity index (χ1v) is 25.1. The number of carbonyl (C=O) groups is 2. The summed E-state index contributed by atoms with van der Waals surface area (Å²) >= 11 is 0. The van der Waals surface area contributed by atoms with Crippen LogP contribution in [0, 0.1) is 0 Å². The van der Waals surface area contributed by atoms with Crippen molar-refractivity contribution in [1.29, 1.82) is 0 Å². The average molecular weight is 895 g/mol. The Balaban J connectivity index is 2.48. The van der Waals surface area contributed by atoms with E-state index in [9.17, 15) is 37.9 Å². The van der Waals surface area contributed by atoms with Gasteiger partial charge in [-0.2, -0.15) is 8.42 Å². The fraction of sp³-hybridized carbons (Fsp3) is 0.714. The monoisotopic (exact) mass is 895 g/mol. The minimum absolute atomic E-state index is 0.120. The van der Waals surface area contributed by atoms with Gasteiger partial charge in [-0.05, 0) is 83.5 Å². The maximum Gasteiger partial charge on any atom is 0.306 e. The number of rotatable bonds is 38. The Morgan fingerprint density at radius 1 is 0.565 bits per heavy atom. The number of hydrogen-bond acceptors (Lipinski definition) is 11. The third kappa shape index (κ3) is 32.7. The molecular weight excluding hydrogens is 813 g/mol. The van der Waals surface area contributed by atoms with Crippen molar-refractivity contribution >= 4 is 22.1 Å². The molecule has 0 amide bonds. The van der Waals surface area contributed by atoms with Crippen molar-refractivity contribution in [2.24, 2.45) is 0 Å². The number of carbonyl (C=O) groups excluding carboxylic acids is 2. The standard InChI is InChI=1S/C49H82O12S/c1-3-5-7-9-11-13-15-17-19-20-21-22-24-26-28-30-32-34-36-38-45(51)60-42(40-59-49-48(54)47(53)46(52)43(61-49)41-62(55,56)57)39-58-44(50)37-35-33-31-29-27-25-23-18-16-14-12-10-8-6-4-2/h11,13-14,16-19,21-23,26,28,42-43,46-49,52-54H,3-10,12,15,20,24-25,27,29-41H2,1-2H3,(H,55,56,57)/b13-11+,16-14+,19-17+,22-21+,23-18+,28-26+/t42-,43-,46-,47?,48?,49+/m1/s1. The van der Waals surface area contributed by atoms with E-state index >= 15 is 0 Å². The molecular formula is C49H82O12S. The smallest absolute Gasteiger partial charge is 0.306 e. The molecule has 1 fully saturated rings. The number of hydrogen-bond donors (Lipinski definition) is 4. The highest BCUT2D eigenvalue weighted by Gasteiger charge is 2.46. The van der Waals surface area contributed by atoms with E-state index in [4.69, 9.17) is 18.9 Å². The number of aliphatic hydroxyl groups excluding tert-OH is 3. The lowest BCUT2D eigenvalue weighted by Gasteiger charge is -2.40. The zero-order valence-electron chi connectivity index (χ0n) is 37.9. The minimum Gasteiger partial charge on any atom is -0.462 e. The lowest BCUT2D eigenvalue weighted by atomic mass is 10.00. The first kappa shape index (κ1) is 57.1. The Kier molecular flexibility index (Phi) is 35.5. The van der Waals surface area contributed by atoms with Crippen LogP contribution in [0.3, 0.4) is 0 Å². The van der Waals surface area contributed by atoms with E-state index in [-0.39, 0.29) is 19.4 Å². The fourth-order valence-electron chi connectivity index (χ4n) is 6.59. The Labute approximate surface area is 374 Å². The molecule has 0 saturated carbocycles. The predicted octanol–water partition coefficient (Wildman–Crippen LogP) is 9.89. The van der Waals surface area contributed by atoms with E-state index in [1.54, 1.807) is 0 Å². The molecule has 12 nitrogen and oxygen atoms in total. The largest absolute Gasteiger partial charge is 0.462 e. The van der Waals surface area contributed by atoms with E-state index in [0.717, 1.165) is 83.5 Å². The quantitative estimate of drug-likeness (QED) is 0.0151. The first-order chi connectivity index (χ1) is 30.0. The number of allylic oxidation sites excluding steroid dienone is 12. The van der Waals surface area contributed by atoms with Gasteiger partial charge < -0.3 is 34.3 Å². The predicted molar refractivity (Wildman–Crippen MR) is 247 cm³/mol. The molecule has 0 aromatic carbocycles.